The topological polar surface area (TPSA) is 83.2 Å². The van der Waals surface area contributed by atoms with E-state index in [-0.39, 0.29) is 11.8 Å². The van der Waals surface area contributed by atoms with Crippen LogP contribution in [-0.2, 0) is 0 Å². The van der Waals surface area contributed by atoms with Gasteiger partial charge in [-0.3, -0.25) is 5.41 Å². The SMILES string of the molecule is N=C(N)c1ccc2oc(O)cc2c1. The monoisotopic (exact) mass is 176 g/mol. The highest BCUT2D eigenvalue weighted by molar-refractivity contribution is 5.98. The molecule has 0 saturated heterocycles. The molecule has 4 heteroatoms. The second kappa shape index (κ2) is 2.52. The first-order valence-electron chi connectivity index (χ1n) is 3.74. The van der Waals surface area contributed by atoms with E-state index in [0.29, 0.717) is 11.1 Å². The maximum absolute atomic E-state index is 9.03. The molecule has 0 aliphatic heterocycles. The van der Waals surface area contributed by atoms with Gasteiger partial charge in [0.15, 0.2) is 0 Å². The van der Waals surface area contributed by atoms with E-state index >= 15 is 0 Å². The Morgan fingerprint density at radius 1 is 1.38 bits per heavy atom. The van der Waals surface area contributed by atoms with E-state index in [1.54, 1.807) is 18.2 Å². The van der Waals surface area contributed by atoms with E-state index < -0.39 is 0 Å². The fourth-order valence-electron chi connectivity index (χ4n) is 1.20. The van der Waals surface area contributed by atoms with E-state index in [1.807, 2.05) is 0 Å². The van der Waals surface area contributed by atoms with Crippen molar-refractivity contribution in [1.29, 1.82) is 5.41 Å². The molecule has 0 fully saturated rings. The van der Waals surface area contributed by atoms with Crippen molar-refractivity contribution in [3.63, 3.8) is 0 Å². The van der Waals surface area contributed by atoms with E-state index in [4.69, 9.17) is 20.7 Å². The number of fused-ring (bicyclic) bond motifs is 1. The first kappa shape index (κ1) is 7.67. The molecule has 66 valence electrons. The summed E-state index contributed by atoms with van der Waals surface area (Å²) in [7, 11) is 0. The van der Waals surface area contributed by atoms with Crippen LogP contribution < -0.4 is 5.73 Å². The van der Waals surface area contributed by atoms with Crippen molar-refractivity contribution in [3.8, 4) is 5.95 Å². The van der Waals surface area contributed by atoms with Crippen molar-refractivity contribution < 1.29 is 9.52 Å². The minimum absolute atomic E-state index is 0.00240. The Bertz CT molecular complexity index is 473. The van der Waals surface area contributed by atoms with E-state index in [1.165, 1.54) is 6.07 Å². The number of amidine groups is 1. The lowest BCUT2D eigenvalue weighted by molar-refractivity contribution is 0.346. The lowest BCUT2D eigenvalue weighted by atomic mass is 10.1. The third-order valence-corrected chi connectivity index (χ3v) is 1.81. The molecule has 4 nitrogen and oxygen atoms in total. The summed E-state index contributed by atoms with van der Waals surface area (Å²) in [5.74, 6) is -0.127. The molecule has 4 N–H and O–H groups in total. The zero-order valence-corrected chi connectivity index (χ0v) is 6.74. The summed E-state index contributed by atoms with van der Waals surface area (Å²) in [6, 6.07) is 6.53. The van der Waals surface area contributed by atoms with Gasteiger partial charge in [0.2, 0.25) is 0 Å². The summed E-state index contributed by atoms with van der Waals surface area (Å²) in [5, 5.41) is 17.0. The van der Waals surface area contributed by atoms with Gasteiger partial charge in [-0.15, -0.1) is 0 Å². The number of hydrogen-bond acceptors (Lipinski definition) is 3. The van der Waals surface area contributed by atoms with Crippen LogP contribution in [0.25, 0.3) is 11.0 Å². The van der Waals surface area contributed by atoms with Crippen LogP contribution >= 0.6 is 0 Å². The van der Waals surface area contributed by atoms with Crippen LogP contribution in [0.4, 0.5) is 0 Å². The van der Waals surface area contributed by atoms with Crippen molar-refractivity contribution in [3.05, 3.63) is 29.8 Å². The highest BCUT2D eigenvalue weighted by atomic mass is 16.5. The second-order valence-corrected chi connectivity index (χ2v) is 2.75. The highest BCUT2D eigenvalue weighted by Crippen LogP contribution is 2.24. The van der Waals surface area contributed by atoms with Crippen LogP contribution in [0.15, 0.2) is 28.7 Å². The summed E-state index contributed by atoms with van der Waals surface area (Å²) in [6.07, 6.45) is 0. The van der Waals surface area contributed by atoms with Gasteiger partial charge >= 0.3 is 0 Å². The average Bonchev–Trinajstić information content (AvgIpc) is 2.42. The van der Waals surface area contributed by atoms with Crippen LogP contribution in [0, 0.1) is 5.41 Å². The Kier molecular flexibility index (Phi) is 1.48. The highest BCUT2D eigenvalue weighted by Gasteiger charge is 2.03. The van der Waals surface area contributed by atoms with Gasteiger partial charge in [-0.05, 0) is 18.2 Å². The molecule has 0 spiro atoms. The zero-order valence-electron chi connectivity index (χ0n) is 6.74. The van der Waals surface area contributed by atoms with E-state index in [2.05, 4.69) is 0 Å². The number of benzene rings is 1. The van der Waals surface area contributed by atoms with Gasteiger partial charge in [-0.1, -0.05) is 0 Å². The maximum Gasteiger partial charge on any atom is 0.282 e. The summed E-state index contributed by atoms with van der Waals surface area (Å²) >= 11 is 0. The summed E-state index contributed by atoms with van der Waals surface area (Å²) in [6.45, 7) is 0. The molecule has 0 amide bonds. The lowest BCUT2D eigenvalue weighted by Crippen LogP contribution is -2.10. The van der Waals surface area contributed by atoms with Crippen molar-refractivity contribution in [2.75, 3.05) is 0 Å². The smallest absolute Gasteiger partial charge is 0.282 e. The Morgan fingerprint density at radius 3 is 2.85 bits per heavy atom. The molecular weight excluding hydrogens is 168 g/mol. The van der Waals surface area contributed by atoms with Crippen LogP contribution in [0.2, 0.25) is 0 Å². The Balaban J connectivity index is 2.67. The third kappa shape index (κ3) is 1.22. The standard InChI is InChI=1S/C9H8N2O2/c10-9(11)5-1-2-7-6(3-5)4-8(12)13-7/h1-4,12H,(H3,10,11). The number of hydrogen-bond donors (Lipinski definition) is 3. The van der Waals surface area contributed by atoms with Crippen LogP contribution in [0.5, 0.6) is 5.95 Å². The largest absolute Gasteiger partial charge is 0.481 e. The number of aromatic hydroxyl groups is 1. The molecule has 0 atom stereocenters. The first-order valence-corrected chi connectivity index (χ1v) is 3.74. The van der Waals surface area contributed by atoms with Crippen molar-refractivity contribution >= 4 is 16.8 Å². The Labute approximate surface area is 74.1 Å². The second-order valence-electron chi connectivity index (χ2n) is 2.75. The molecule has 1 heterocycles. The van der Waals surface area contributed by atoms with Gasteiger partial charge in [0.1, 0.15) is 11.4 Å². The van der Waals surface area contributed by atoms with Crippen LogP contribution in [0.1, 0.15) is 5.56 Å². The van der Waals surface area contributed by atoms with Crippen molar-refractivity contribution in [1.82, 2.24) is 0 Å². The van der Waals surface area contributed by atoms with Gasteiger partial charge in [0.25, 0.3) is 5.95 Å². The molecule has 1 aromatic heterocycles. The molecule has 1 aromatic carbocycles. The molecule has 2 rings (SSSR count). The summed E-state index contributed by atoms with van der Waals surface area (Å²) < 4.78 is 4.95. The normalized spacial score (nSPS) is 10.5. The van der Waals surface area contributed by atoms with Crippen LogP contribution in [0.3, 0.4) is 0 Å². The first-order chi connectivity index (χ1) is 6.16. The van der Waals surface area contributed by atoms with Crippen molar-refractivity contribution in [2.45, 2.75) is 0 Å². The van der Waals surface area contributed by atoms with Crippen molar-refractivity contribution in [2.24, 2.45) is 5.73 Å². The van der Waals surface area contributed by atoms with Gasteiger partial charge in [-0.25, -0.2) is 0 Å². The molecule has 2 aromatic rings. The minimum Gasteiger partial charge on any atom is -0.481 e. The van der Waals surface area contributed by atoms with Gasteiger partial charge in [-0.2, -0.15) is 0 Å². The zero-order chi connectivity index (χ0) is 9.42. The van der Waals surface area contributed by atoms with Gasteiger partial charge in [0, 0.05) is 17.0 Å². The molecular formula is C9H8N2O2. The number of nitrogens with one attached hydrogen (secondary N) is 1. The molecule has 0 unspecified atom stereocenters. The molecule has 0 saturated carbocycles. The van der Waals surface area contributed by atoms with Gasteiger partial charge in [0.05, 0.1) is 0 Å². The van der Waals surface area contributed by atoms with Crippen LogP contribution in [-0.4, -0.2) is 10.9 Å². The third-order valence-electron chi connectivity index (χ3n) is 1.81. The number of rotatable bonds is 1. The molecule has 0 aliphatic carbocycles. The number of furan rings is 1. The Hall–Kier alpha value is -1.97. The minimum atomic E-state index is -0.129. The Morgan fingerprint density at radius 2 is 2.15 bits per heavy atom. The predicted molar refractivity (Wildman–Crippen MR) is 48.9 cm³/mol. The molecule has 0 aliphatic rings. The number of nitrogen functional groups attached to an aromatic ring is 1. The molecule has 13 heavy (non-hydrogen) atoms. The quantitative estimate of drug-likeness (QED) is 0.454. The molecule has 0 bridgehead atoms. The van der Waals surface area contributed by atoms with E-state index in [0.717, 1.165) is 5.39 Å². The fourth-order valence-corrected chi connectivity index (χ4v) is 1.20. The van der Waals surface area contributed by atoms with Gasteiger partial charge < -0.3 is 15.3 Å². The average molecular weight is 176 g/mol. The van der Waals surface area contributed by atoms with E-state index in [9.17, 15) is 0 Å². The lowest BCUT2D eigenvalue weighted by Gasteiger charge is -1.95. The predicted octanol–water partition coefficient (Wildman–Crippen LogP) is 1.42. The fraction of sp³-hybridized carbons (Fsp3) is 0. The summed E-state index contributed by atoms with van der Waals surface area (Å²) in [5.41, 5.74) is 6.51. The maximum atomic E-state index is 9.03. The number of nitrogens with two attached hydrogens (primary N) is 1. The molecule has 0 radical (unpaired) electrons. The summed E-state index contributed by atoms with van der Waals surface area (Å²) in [4.78, 5) is 0.